The van der Waals surface area contributed by atoms with Crippen molar-refractivity contribution in [2.75, 3.05) is 13.6 Å². The van der Waals surface area contributed by atoms with Gasteiger partial charge < -0.3 is 9.84 Å². The molecular weight excluding hydrogens is 218 g/mol. The molecule has 1 amide bonds. The third kappa shape index (κ3) is 4.19. The highest BCUT2D eigenvalue weighted by atomic mass is 16.5. The number of nitrogens with zero attached hydrogens (tertiary/aromatic N) is 2. The van der Waals surface area contributed by atoms with Gasteiger partial charge in [-0.1, -0.05) is 5.16 Å². The maximum atomic E-state index is 11.6. The fourth-order valence-corrected chi connectivity index (χ4v) is 1.67. The van der Waals surface area contributed by atoms with Crippen LogP contribution in [0.15, 0.2) is 4.52 Å². The van der Waals surface area contributed by atoms with Crippen LogP contribution in [0.5, 0.6) is 0 Å². The molecule has 5 nitrogen and oxygen atoms in total. The molecule has 1 N–H and O–H groups in total. The normalized spacial score (nSPS) is 11.2. The van der Waals surface area contributed by atoms with Crippen LogP contribution >= 0.6 is 0 Å². The minimum absolute atomic E-state index is 0.0364. The summed E-state index contributed by atoms with van der Waals surface area (Å²) < 4.78 is 5.09. The molecule has 0 aromatic carbocycles. The predicted molar refractivity (Wildman–Crippen MR) is 65.6 cm³/mol. The lowest BCUT2D eigenvalue weighted by molar-refractivity contribution is -0.122. The highest BCUT2D eigenvalue weighted by molar-refractivity contribution is 5.78. The Bertz CT molecular complexity index is 366. The van der Waals surface area contributed by atoms with E-state index in [0.29, 0.717) is 13.1 Å². The highest BCUT2D eigenvalue weighted by Gasteiger charge is 2.13. The third-order valence-electron chi connectivity index (χ3n) is 2.47. The van der Waals surface area contributed by atoms with Crippen molar-refractivity contribution in [3.8, 4) is 0 Å². The van der Waals surface area contributed by atoms with E-state index in [0.717, 1.165) is 17.0 Å². The molecule has 0 aliphatic rings. The lowest BCUT2D eigenvalue weighted by Crippen LogP contribution is -2.38. The van der Waals surface area contributed by atoms with Crippen LogP contribution in [0.25, 0.3) is 0 Å². The zero-order valence-electron chi connectivity index (χ0n) is 11.2. The lowest BCUT2D eigenvalue weighted by Gasteiger charge is -2.17. The van der Waals surface area contributed by atoms with Gasteiger partial charge in [-0.3, -0.25) is 9.69 Å². The third-order valence-corrected chi connectivity index (χ3v) is 2.47. The number of amides is 1. The molecule has 5 heteroatoms. The second-order valence-electron chi connectivity index (χ2n) is 4.70. The summed E-state index contributed by atoms with van der Waals surface area (Å²) in [5.74, 6) is 0.855. The van der Waals surface area contributed by atoms with E-state index in [-0.39, 0.29) is 11.9 Å². The van der Waals surface area contributed by atoms with Crippen molar-refractivity contribution in [2.24, 2.45) is 0 Å². The summed E-state index contributed by atoms with van der Waals surface area (Å²) in [6.07, 6.45) is 0. The molecule has 0 spiro atoms. The first-order valence-corrected chi connectivity index (χ1v) is 5.79. The number of hydrogen-bond donors (Lipinski definition) is 1. The van der Waals surface area contributed by atoms with Crippen LogP contribution < -0.4 is 5.32 Å². The Morgan fingerprint density at radius 1 is 1.47 bits per heavy atom. The van der Waals surface area contributed by atoms with Gasteiger partial charge in [0, 0.05) is 18.2 Å². The van der Waals surface area contributed by atoms with E-state index >= 15 is 0 Å². The van der Waals surface area contributed by atoms with Gasteiger partial charge >= 0.3 is 0 Å². The first kappa shape index (κ1) is 13.7. The van der Waals surface area contributed by atoms with Crippen molar-refractivity contribution in [1.29, 1.82) is 0 Å². The summed E-state index contributed by atoms with van der Waals surface area (Å²) in [4.78, 5) is 13.5. The number of likely N-dealkylation sites (N-methyl/N-ethyl adjacent to an activating group) is 1. The highest BCUT2D eigenvalue weighted by Crippen LogP contribution is 2.13. The van der Waals surface area contributed by atoms with Crippen molar-refractivity contribution in [3.05, 3.63) is 17.0 Å². The first-order valence-electron chi connectivity index (χ1n) is 5.79. The van der Waals surface area contributed by atoms with Crippen molar-refractivity contribution >= 4 is 5.91 Å². The Morgan fingerprint density at radius 2 is 2.12 bits per heavy atom. The molecule has 1 aromatic rings. The van der Waals surface area contributed by atoms with Gasteiger partial charge in [0.1, 0.15) is 5.76 Å². The molecule has 0 radical (unpaired) electrons. The average Bonchev–Trinajstić information content (AvgIpc) is 2.47. The van der Waals surface area contributed by atoms with Gasteiger partial charge in [0.05, 0.1) is 12.2 Å². The molecule has 0 bridgehead atoms. The Kier molecular flexibility index (Phi) is 4.69. The molecular formula is C12H21N3O2. The van der Waals surface area contributed by atoms with Crippen molar-refractivity contribution in [3.63, 3.8) is 0 Å². The Morgan fingerprint density at radius 3 is 2.59 bits per heavy atom. The topological polar surface area (TPSA) is 58.4 Å². The number of nitrogens with one attached hydrogen (secondary N) is 1. The van der Waals surface area contributed by atoms with Crippen molar-refractivity contribution < 1.29 is 9.32 Å². The van der Waals surface area contributed by atoms with Gasteiger partial charge in [0.2, 0.25) is 5.91 Å². The van der Waals surface area contributed by atoms with Crippen LogP contribution in [0.1, 0.15) is 30.9 Å². The average molecular weight is 239 g/mol. The molecule has 0 aliphatic carbocycles. The first-order chi connectivity index (χ1) is 7.90. The van der Waals surface area contributed by atoms with Gasteiger partial charge in [-0.05, 0) is 34.7 Å². The summed E-state index contributed by atoms with van der Waals surface area (Å²) in [7, 11) is 1.91. The number of aryl methyl sites for hydroxylation is 2. The van der Waals surface area contributed by atoms with Gasteiger partial charge in [0.25, 0.3) is 0 Å². The molecule has 0 saturated heterocycles. The largest absolute Gasteiger partial charge is 0.361 e. The van der Waals surface area contributed by atoms with E-state index < -0.39 is 0 Å². The fourth-order valence-electron chi connectivity index (χ4n) is 1.67. The van der Waals surface area contributed by atoms with E-state index in [1.54, 1.807) is 0 Å². The van der Waals surface area contributed by atoms with E-state index in [9.17, 15) is 4.79 Å². The zero-order chi connectivity index (χ0) is 13.0. The zero-order valence-corrected chi connectivity index (χ0v) is 11.2. The Labute approximate surface area is 102 Å². The molecule has 0 aliphatic heterocycles. The van der Waals surface area contributed by atoms with Crippen LogP contribution in [0, 0.1) is 13.8 Å². The molecule has 0 atom stereocenters. The monoisotopic (exact) mass is 239 g/mol. The van der Waals surface area contributed by atoms with Gasteiger partial charge in [0.15, 0.2) is 0 Å². The van der Waals surface area contributed by atoms with Crippen LogP contribution in [0.2, 0.25) is 0 Å². The number of rotatable bonds is 5. The molecule has 0 saturated carbocycles. The Hall–Kier alpha value is -1.36. The van der Waals surface area contributed by atoms with E-state index in [4.69, 9.17) is 4.52 Å². The van der Waals surface area contributed by atoms with Crippen molar-refractivity contribution in [2.45, 2.75) is 40.3 Å². The van der Waals surface area contributed by atoms with Crippen LogP contribution in [-0.2, 0) is 11.3 Å². The summed E-state index contributed by atoms with van der Waals surface area (Å²) in [5, 5.41) is 6.76. The van der Waals surface area contributed by atoms with E-state index in [1.807, 2.05) is 39.6 Å². The van der Waals surface area contributed by atoms with Gasteiger partial charge in [-0.25, -0.2) is 0 Å². The summed E-state index contributed by atoms with van der Waals surface area (Å²) in [6.45, 7) is 8.75. The molecule has 0 unspecified atom stereocenters. The SMILES string of the molecule is Cc1noc(C)c1CN(C)CC(=O)NC(C)C. The predicted octanol–water partition coefficient (Wildman–Crippen LogP) is 1.25. The quantitative estimate of drug-likeness (QED) is 0.840. The number of hydrogen-bond acceptors (Lipinski definition) is 4. The molecule has 1 heterocycles. The molecule has 1 aromatic heterocycles. The number of carbonyl (C=O) groups is 1. The lowest BCUT2D eigenvalue weighted by atomic mass is 10.2. The van der Waals surface area contributed by atoms with Crippen LogP contribution in [-0.4, -0.2) is 35.6 Å². The second kappa shape index (κ2) is 5.82. The fraction of sp³-hybridized carbons (Fsp3) is 0.667. The van der Waals surface area contributed by atoms with E-state index in [1.165, 1.54) is 0 Å². The molecule has 17 heavy (non-hydrogen) atoms. The molecule has 1 rings (SSSR count). The van der Waals surface area contributed by atoms with Crippen molar-refractivity contribution in [1.82, 2.24) is 15.4 Å². The molecule has 96 valence electrons. The van der Waals surface area contributed by atoms with Crippen LogP contribution in [0.3, 0.4) is 0 Å². The summed E-state index contributed by atoms with van der Waals surface area (Å²) in [5.41, 5.74) is 1.95. The summed E-state index contributed by atoms with van der Waals surface area (Å²) >= 11 is 0. The van der Waals surface area contributed by atoms with Gasteiger partial charge in [-0.2, -0.15) is 0 Å². The number of carbonyl (C=O) groups excluding carboxylic acids is 1. The number of aromatic nitrogens is 1. The standard InChI is InChI=1S/C12H21N3O2/c1-8(2)13-12(16)7-15(5)6-11-9(3)14-17-10(11)4/h8H,6-7H2,1-5H3,(H,13,16). The van der Waals surface area contributed by atoms with Gasteiger partial charge in [-0.15, -0.1) is 0 Å². The smallest absolute Gasteiger partial charge is 0.234 e. The maximum Gasteiger partial charge on any atom is 0.234 e. The summed E-state index contributed by atoms with van der Waals surface area (Å²) in [6, 6.07) is 0.176. The van der Waals surface area contributed by atoms with Crippen LogP contribution in [0.4, 0.5) is 0 Å². The van der Waals surface area contributed by atoms with E-state index in [2.05, 4.69) is 10.5 Å². The second-order valence-corrected chi connectivity index (χ2v) is 4.70. The minimum atomic E-state index is 0.0364. The Balaban J connectivity index is 2.50. The minimum Gasteiger partial charge on any atom is -0.361 e. The maximum absolute atomic E-state index is 11.6. The molecule has 0 fully saturated rings.